The van der Waals surface area contributed by atoms with Gasteiger partial charge in [0.1, 0.15) is 5.41 Å². The number of benzene rings is 2. The van der Waals surface area contributed by atoms with Crippen molar-refractivity contribution in [2.45, 2.75) is 57.8 Å². The number of carbonyl (C=O) groups excluding carboxylic acids is 1. The summed E-state index contributed by atoms with van der Waals surface area (Å²) in [6, 6.07) is 14.6. The van der Waals surface area contributed by atoms with Crippen LogP contribution in [0.3, 0.4) is 0 Å². The first kappa shape index (κ1) is 20.6. The average molecular weight is 381 g/mol. The van der Waals surface area contributed by atoms with Crippen LogP contribution in [-0.2, 0) is 26.1 Å². The lowest BCUT2D eigenvalue weighted by Gasteiger charge is -2.29. The smallest absolute Gasteiger partial charge is 0.323 e. The second kappa shape index (κ2) is 9.38. The number of methoxy groups -OCH3 is 1. The Kier molecular flexibility index (Phi) is 6.90. The molecule has 3 nitrogen and oxygen atoms in total. The van der Waals surface area contributed by atoms with Gasteiger partial charge in [-0.1, -0.05) is 82.0 Å². The maximum Gasteiger partial charge on any atom is 0.323 e. The third-order valence-corrected chi connectivity index (χ3v) is 5.82. The standard InChI is InChI=1S/C25H32O3/c1-4-6-7-8-11-16-28-24(26)25(18-27-3)22-13-10-9-12-20(22)21-15-14-19(5-2)17-23(21)25/h9-10,12-15,17H,4-8,11,16,18H2,1-3H3. The van der Waals surface area contributed by atoms with Crippen molar-refractivity contribution in [2.24, 2.45) is 0 Å². The van der Waals surface area contributed by atoms with E-state index in [2.05, 4.69) is 38.1 Å². The molecule has 0 N–H and O–H groups in total. The van der Waals surface area contributed by atoms with Crippen LogP contribution < -0.4 is 0 Å². The summed E-state index contributed by atoms with van der Waals surface area (Å²) in [5.41, 5.74) is 4.58. The molecule has 28 heavy (non-hydrogen) atoms. The summed E-state index contributed by atoms with van der Waals surface area (Å²) in [6.07, 6.45) is 6.60. The molecule has 0 radical (unpaired) electrons. The Labute approximate surface area is 169 Å². The van der Waals surface area contributed by atoms with Gasteiger partial charge in [-0.3, -0.25) is 4.79 Å². The Balaban J connectivity index is 1.93. The summed E-state index contributed by atoms with van der Waals surface area (Å²) >= 11 is 0. The number of fused-ring (bicyclic) bond motifs is 3. The Bertz CT molecular complexity index is 811. The third kappa shape index (κ3) is 3.73. The van der Waals surface area contributed by atoms with Gasteiger partial charge in [0.05, 0.1) is 13.2 Å². The number of esters is 1. The maximum absolute atomic E-state index is 13.5. The quantitative estimate of drug-likeness (QED) is 0.393. The predicted molar refractivity (Wildman–Crippen MR) is 114 cm³/mol. The summed E-state index contributed by atoms with van der Waals surface area (Å²) in [5.74, 6) is -0.190. The van der Waals surface area contributed by atoms with Crippen molar-refractivity contribution in [1.29, 1.82) is 0 Å². The zero-order valence-corrected chi connectivity index (χ0v) is 17.4. The molecule has 3 rings (SSSR count). The molecule has 0 saturated carbocycles. The van der Waals surface area contributed by atoms with Crippen LogP contribution in [0.25, 0.3) is 11.1 Å². The van der Waals surface area contributed by atoms with Gasteiger partial charge in [0.25, 0.3) is 0 Å². The van der Waals surface area contributed by atoms with E-state index in [0.717, 1.165) is 41.5 Å². The number of unbranched alkanes of at least 4 members (excludes halogenated alkanes) is 4. The molecule has 0 fully saturated rings. The minimum Gasteiger partial charge on any atom is -0.465 e. The summed E-state index contributed by atoms with van der Waals surface area (Å²) in [6.45, 7) is 5.10. The highest BCUT2D eigenvalue weighted by molar-refractivity contribution is 5.98. The lowest BCUT2D eigenvalue weighted by molar-refractivity contribution is -0.151. The zero-order chi connectivity index (χ0) is 20.0. The Morgan fingerprint density at radius 2 is 1.68 bits per heavy atom. The minimum atomic E-state index is -0.880. The fourth-order valence-electron chi connectivity index (χ4n) is 4.28. The first-order chi connectivity index (χ1) is 13.7. The molecule has 1 unspecified atom stereocenters. The van der Waals surface area contributed by atoms with E-state index in [-0.39, 0.29) is 5.97 Å². The second-order valence-corrected chi connectivity index (χ2v) is 7.67. The van der Waals surface area contributed by atoms with E-state index < -0.39 is 5.41 Å². The van der Waals surface area contributed by atoms with Crippen LogP contribution in [0.1, 0.15) is 62.6 Å². The van der Waals surface area contributed by atoms with Crippen molar-refractivity contribution in [1.82, 2.24) is 0 Å². The zero-order valence-electron chi connectivity index (χ0n) is 17.4. The molecular formula is C25H32O3. The van der Waals surface area contributed by atoms with Gasteiger partial charge >= 0.3 is 5.97 Å². The van der Waals surface area contributed by atoms with Crippen molar-refractivity contribution in [2.75, 3.05) is 20.3 Å². The largest absolute Gasteiger partial charge is 0.465 e. The van der Waals surface area contributed by atoms with E-state index in [1.165, 1.54) is 24.8 Å². The van der Waals surface area contributed by atoms with Gasteiger partial charge in [-0.2, -0.15) is 0 Å². The highest BCUT2D eigenvalue weighted by atomic mass is 16.5. The topological polar surface area (TPSA) is 35.5 Å². The number of hydrogen-bond donors (Lipinski definition) is 0. The van der Waals surface area contributed by atoms with Crippen LogP contribution in [0.2, 0.25) is 0 Å². The van der Waals surface area contributed by atoms with Crippen molar-refractivity contribution in [3.63, 3.8) is 0 Å². The Hall–Kier alpha value is -2.13. The van der Waals surface area contributed by atoms with E-state index in [9.17, 15) is 4.79 Å². The Morgan fingerprint density at radius 1 is 0.929 bits per heavy atom. The average Bonchev–Trinajstić information content (AvgIpc) is 3.01. The molecule has 1 aliphatic rings. The minimum absolute atomic E-state index is 0.190. The van der Waals surface area contributed by atoms with Crippen molar-refractivity contribution < 1.29 is 14.3 Å². The molecule has 150 valence electrons. The van der Waals surface area contributed by atoms with Crippen LogP contribution in [-0.4, -0.2) is 26.3 Å². The van der Waals surface area contributed by atoms with Crippen LogP contribution in [0, 0.1) is 0 Å². The molecule has 3 heteroatoms. The lowest BCUT2D eigenvalue weighted by atomic mass is 9.78. The number of aryl methyl sites for hydroxylation is 1. The number of carbonyl (C=O) groups is 1. The van der Waals surface area contributed by atoms with Crippen LogP contribution >= 0.6 is 0 Å². The first-order valence-electron chi connectivity index (χ1n) is 10.6. The van der Waals surface area contributed by atoms with Gasteiger partial charge in [-0.05, 0) is 40.7 Å². The molecule has 0 aliphatic heterocycles. The summed E-state index contributed by atoms with van der Waals surface area (Å²) in [4.78, 5) is 13.5. The van der Waals surface area contributed by atoms with Crippen LogP contribution in [0.4, 0.5) is 0 Å². The van der Waals surface area contributed by atoms with Gasteiger partial charge in [0.2, 0.25) is 0 Å². The molecule has 0 heterocycles. The molecule has 0 aromatic heterocycles. The molecule has 0 amide bonds. The van der Waals surface area contributed by atoms with E-state index in [0.29, 0.717) is 13.2 Å². The van der Waals surface area contributed by atoms with E-state index in [1.54, 1.807) is 7.11 Å². The fraction of sp³-hybridized carbons (Fsp3) is 0.480. The Morgan fingerprint density at radius 3 is 2.43 bits per heavy atom. The number of hydrogen-bond acceptors (Lipinski definition) is 3. The summed E-state index contributed by atoms with van der Waals surface area (Å²) in [7, 11) is 1.66. The van der Waals surface area contributed by atoms with Gasteiger partial charge < -0.3 is 9.47 Å². The number of ether oxygens (including phenoxy) is 2. The van der Waals surface area contributed by atoms with E-state index in [4.69, 9.17) is 9.47 Å². The van der Waals surface area contributed by atoms with Crippen LogP contribution in [0.5, 0.6) is 0 Å². The van der Waals surface area contributed by atoms with Gasteiger partial charge in [0.15, 0.2) is 0 Å². The molecule has 0 bridgehead atoms. The second-order valence-electron chi connectivity index (χ2n) is 7.67. The SMILES string of the molecule is CCCCCCCOC(=O)C1(COC)c2ccccc2-c2ccc(CC)cc21. The molecule has 0 spiro atoms. The van der Waals surface area contributed by atoms with Crippen molar-refractivity contribution in [3.8, 4) is 11.1 Å². The predicted octanol–water partition coefficient (Wildman–Crippen LogP) is 5.68. The number of rotatable bonds is 10. The molecule has 2 aromatic rings. The fourth-order valence-corrected chi connectivity index (χ4v) is 4.28. The summed E-state index contributed by atoms with van der Waals surface area (Å²) < 4.78 is 11.4. The summed E-state index contributed by atoms with van der Waals surface area (Å²) in [5, 5.41) is 0. The molecular weight excluding hydrogens is 348 g/mol. The lowest BCUT2D eigenvalue weighted by Crippen LogP contribution is -2.41. The third-order valence-electron chi connectivity index (χ3n) is 5.82. The molecule has 2 aromatic carbocycles. The highest BCUT2D eigenvalue weighted by Gasteiger charge is 2.50. The van der Waals surface area contributed by atoms with E-state index >= 15 is 0 Å². The monoisotopic (exact) mass is 380 g/mol. The normalized spacial score (nSPS) is 17.2. The van der Waals surface area contributed by atoms with Crippen molar-refractivity contribution in [3.05, 3.63) is 59.2 Å². The van der Waals surface area contributed by atoms with Gasteiger partial charge in [-0.25, -0.2) is 0 Å². The maximum atomic E-state index is 13.5. The highest BCUT2D eigenvalue weighted by Crippen LogP contribution is 2.50. The van der Waals surface area contributed by atoms with Crippen molar-refractivity contribution >= 4 is 5.97 Å². The van der Waals surface area contributed by atoms with Crippen LogP contribution in [0.15, 0.2) is 42.5 Å². The first-order valence-corrected chi connectivity index (χ1v) is 10.6. The van der Waals surface area contributed by atoms with Gasteiger partial charge in [-0.15, -0.1) is 0 Å². The van der Waals surface area contributed by atoms with E-state index in [1.807, 2.05) is 18.2 Å². The van der Waals surface area contributed by atoms with Gasteiger partial charge in [0, 0.05) is 7.11 Å². The molecule has 0 saturated heterocycles. The molecule has 1 atom stereocenters. The molecule has 1 aliphatic carbocycles.